The van der Waals surface area contributed by atoms with Crippen molar-refractivity contribution in [1.29, 1.82) is 0 Å². The summed E-state index contributed by atoms with van der Waals surface area (Å²) < 4.78 is 30.2. The Hall–Kier alpha value is -3.95. The molecule has 1 fully saturated rings. The third-order valence-electron chi connectivity index (χ3n) is 8.11. The van der Waals surface area contributed by atoms with Crippen molar-refractivity contribution in [2.75, 3.05) is 10.8 Å². The van der Waals surface area contributed by atoms with Gasteiger partial charge in [0, 0.05) is 23.5 Å². The summed E-state index contributed by atoms with van der Waals surface area (Å²) in [6.45, 7) is 1.53. The molecule has 0 unspecified atom stereocenters. The summed E-state index contributed by atoms with van der Waals surface area (Å²) >= 11 is 3.53. The number of nitrogens with zero attached hydrogens (tertiary/aromatic N) is 2. The van der Waals surface area contributed by atoms with Crippen LogP contribution in [0.4, 0.5) is 5.69 Å². The molecule has 45 heavy (non-hydrogen) atoms. The number of aryl methyl sites for hydroxylation is 1. The first-order chi connectivity index (χ1) is 21.7. The molecule has 0 bridgehead atoms. The molecule has 1 atom stereocenters. The van der Waals surface area contributed by atoms with E-state index >= 15 is 0 Å². The molecule has 4 aromatic carbocycles. The minimum atomic E-state index is -4.12. The van der Waals surface area contributed by atoms with Crippen LogP contribution in [-0.2, 0) is 32.6 Å². The molecular weight excluding hydrogens is 650 g/mol. The maximum Gasteiger partial charge on any atom is 0.264 e. The molecule has 4 aromatic rings. The Balaban J connectivity index is 1.56. The predicted molar refractivity (Wildman–Crippen MR) is 181 cm³/mol. The normalized spacial score (nSPS) is 14.1. The molecule has 0 spiro atoms. The molecule has 1 saturated carbocycles. The molecule has 1 aliphatic carbocycles. The number of nitrogens with one attached hydrogen (secondary N) is 1. The second kappa shape index (κ2) is 14.9. The highest BCUT2D eigenvalue weighted by Crippen LogP contribution is 2.26. The Morgan fingerprint density at radius 3 is 2.16 bits per heavy atom. The fourth-order valence-corrected chi connectivity index (χ4v) is 7.66. The van der Waals surface area contributed by atoms with Crippen molar-refractivity contribution in [2.24, 2.45) is 0 Å². The first-order valence-corrected chi connectivity index (χ1v) is 17.5. The number of halogens is 1. The van der Waals surface area contributed by atoms with Gasteiger partial charge in [-0.3, -0.25) is 13.9 Å². The number of anilines is 1. The summed E-state index contributed by atoms with van der Waals surface area (Å²) in [5.74, 6) is -0.708. The van der Waals surface area contributed by atoms with Crippen LogP contribution < -0.4 is 9.62 Å². The molecule has 5 rings (SSSR count). The molecular formula is C36H38BrN3O4S. The van der Waals surface area contributed by atoms with Crippen molar-refractivity contribution in [2.45, 2.75) is 62.6 Å². The van der Waals surface area contributed by atoms with Crippen molar-refractivity contribution in [3.63, 3.8) is 0 Å². The van der Waals surface area contributed by atoms with Crippen LogP contribution in [0, 0.1) is 6.92 Å². The van der Waals surface area contributed by atoms with E-state index in [1.807, 2.05) is 67.6 Å². The van der Waals surface area contributed by atoms with Gasteiger partial charge in [0.05, 0.1) is 10.6 Å². The van der Waals surface area contributed by atoms with Gasteiger partial charge in [-0.25, -0.2) is 8.42 Å². The maximum absolute atomic E-state index is 14.6. The standard InChI is InChI=1S/C36H38BrN3O4S/c1-27-12-10-19-32(22-27)40(45(43,44)33-20-6-3-7-21-33)26-35(41)39(25-29-15-11-16-30(37)23-29)34(24-28-13-4-2-5-14-28)36(42)38-31-17-8-9-18-31/h2-7,10-16,19-23,31,34H,8-9,17-18,24-26H2,1H3,(H,38,42)/t34-/m0/s1. The van der Waals surface area contributed by atoms with Crippen molar-refractivity contribution in [3.8, 4) is 0 Å². The number of rotatable bonds is 12. The molecule has 234 valence electrons. The maximum atomic E-state index is 14.6. The molecule has 0 saturated heterocycles. The number of hydrogen-bond donors (Lipinski definition) is 1. The van der Waals surface area contributed by atoms with Crippen LogP contribution >= 0.6 is 15.9 Å². The highest BCUT2D eigenvalue weighted by Gasteiger charge is 2.35. The zero-order chi connectivity index (χ0) is 31.8. The van der Waals surface area contributed by atoms with E-state index in [0.29, 0.717) is 5.69 Å². The fourth-order valence-electron chi connectivity index (χ4n) is 5.79. The van der Waals surface area contributed by atoms with E-state index in [4.69, 9.17) is 0 Å². The van der Waals surface area contributed by atoms with Gasteiger partial charge in [-0.15, -0.1) is 0 Å². The fraction of sp³-hybridized carbons (Fsp3) is 0.278. The van der Waals surface area contributed by atoms with E-state index in [1.54, 1.807) is 41.3 Å². The van der Waals surface area contributed by atoms with E-state index < -0.39 is 28.5 Å². The number of sulfonamides is 1. The first kappa shape index (κ1) is 32.4. The van der Waals surface area contributed by atoms with Crippen LogP contribution in [0.25, 0.3) is 0 Å². The number of carbonyl (C=O) groups is 2. The van der Waals surface area contributed by atoms with Crippen LogP contribution in [0.3, 0.4) is 0 Å². The number of hydrogen-bond acceptors (Lipinski definition) is 4. The van der Waals surface area contributed by atoms with Crippen LogP contribution in [0.1, 0.15) is 42.4 Å². The third-order valence-corrected chi connectivity index (χ3v) is 10.4. The van der Waals surface area contributed by atoms with E-state index in [0.717, 1.165) is 51.2 Å². The summed E-state index contributed by atoms with van der Waals surface area (Å²) in [6, 6.07) is 31.6. The summed E-state index contributed by atoms with van der Waals surface area (Å²) in [5, 5.41) is 3.21. The minimum absolute atomic E-state index is 0.0563. The number of amides is 2. The number of carbonyl (C=O) groups excluding carboxylic acids is 2. The van der Waals surface area contributed by atoms with Gasteiger partial charge in [-0.2, -0.15) is 0 Å². The Bertz CT molecular complexity index is 1710. The van der Waals surface area contributed by atoms with Crippen LogP contribution in [0.2, 0.25) is 0 Å². The second-order valence-corrected chi connectivity index (χ2v) is 14.3. The lowest BCUT2D eigenvalue weighted by molar-refractivity contribution is -0.140. The van der Waals surface area contributed by atoms with Gasteiger partial charge < -0.3 is 10.2 Å². The molecule has 7 nitrogen and oxygen atoms in total. The Morgan fingerprint density at radius 2 is 1.49 bits per heavy atom. The number of benzene rings is 4. The van der Waals surface area contributed by atoms with Gasteiger partial charge in [0.1, 0.15) is 12.6 Å². The monoisotopic (exact) mass is 687 g/mol. The van der Waals surface area contributed by atoms with Crippen molar-refractivity contribution < 1.29 is 18.0 Å². The Labute approximate surface area is 274 Å². The van der Waals surface area contributed by atoms with Crippen LogP contribution in [0.5, 0.6) is 0 Å². The van der Waals surface area contributed by atoms with Gasteiger partial charge in [-0.05, 0) is 72.9 Å². The summed E-state index contributed by atoms with van der Waals surface area (Å²) in [4.78, 5) is 30.3. The van der Waals surface area contributed by atoms with Gasteiger partial charge >= 0.3 is 0 Å². The van der Waals surface area contributed by atoms with Crippen molar-refractivity contribution in [3.05, 3.63) is 130 Å². The van der Waals surface area contributed by atoms with E-state index in [9.17, 15) is 18.0 Å². The average molecular weight is 689 g/mol. The SMILES string of the molecule is Cc1cccc(N(CC(=O)N(Cc2cccc(Br)c2)[C@@H](Cc2ccccc2)C(=O)NC2CCCC2)S(=O)(=O)c2ccccc2)c1. The molecule has 9 heteroatoms. The highest BCUT2D eigenvalue weighted by molar-refractivity contribution is 9.10. The zero-order valence-electron chi connectivity index (χ0n) is 25.3. The molecule has 0 radical (unpaired) electrons. The van der Waals surface area contributed by atoms with Gasteiger partial charge in [0.2, 0.25) is 11.8 Å². The largest absolute Gasteiger partial charge is 0.352 e. The van der Waals surface area contributed by atoms with Crippen molar-refractivity contribution in [1.82, 2.24) is 10.2 Å². The van der Waals surface area contributed by atoms with Gasteiger partial charge in [0.15, 0.2) is 0 Å². The van der Waals surface area contributed by atoms with Crippen LogP contribution in [0.15, 0.2) is 119 Å². The average Bonchev–Trinajstić information content (AvgIpc) is 3.55. The van der Waals surface area contributed by atoms with Gasteiger partial charge in [0.25, 0.3) is 10.0 Å². The molecule has 1 aliphatic rings. The summed E-state index contributed by atoms with van der Waals surface area (Å²) in [5.41, 5.74) is 2.96. The summed E-state index contributed by atoms with van der Waals surface area (Å²) in [7, 11) is -4.12. The zero-order valence-corrected chi connectivity index (χ0v) is 27.7. The van der Waals surface area contributed by atoms with Crippen LogP contribution in [-0.4, -0.2) is 43.8 Å². The molecule has 0 aromatic heterocycles. The third kappa shape index (κ3) is 8.41. The lowest BCUT2D eigenvalue weighted by Crippen LogP contribution is -2.54. The molecule has 2 amide bonds. The lowest BCUT2D eigenvalue weighted by Gasteiger charge is -2.34. The van der Waals surface area contributed by atoms with E-state index in [-0.39, 0.29) is 29.8 Å². The highest BCUT2D eigenvalue weighted by atomic mass is 79.9. The van der Waals surface area contributed by atoms with Gasteiger partial charge in [-0.1, -0.05) is 102 Å². The molecule has 0 aliphatic heterocycles. The molecule has 1 N–H and O–H groups in total. The lowest BCUT2D eigenvalue weighted by atomic mass is 10.0. The topological polar surface area (TPSA) is 86.8 Å². The Kier molecular flexibility index (Phi) is 10.7. The quantitative estimate of drug-likeness (QED) is 0.181. The summed E-state index contributed by atoms with van der Waals surface area (Å²) in [6.07, 6.45) is 4.20. The first-order valence-electron chi connectivity index (χ1n) is 15.2. The molecule has 0 heterocycles. The minimum Gasteiger partial charge on any atom is -0.352 e. The van der Waals surface area contributed by atoms with Crippen molar-refractivity contribution >= 4 is 43.5 Å². The smallest absolute Gasteiger partial charge is 0.264 e. The Morgan fingerprint density at radius 1 is 0.844 bits per heavy atom. The second-order valence-electron chi connectivity index (χ2n) is 11.5. The van der Waals surface area contributed by atoms with E-state index in [2.05, 4.69) is 21.2 Å². The predicted octanol–water partition coefficient (Wildman–Crippen LogP) is 6.65. The van der Waals surface area contributed by atoms with E-state index in [1.165, 1.54) is 12.1 Å².